The van der Waals surface area contributed by atoms with Crippen LogP contribution < -0.4 is 5.32 Å². The number of hydrogen-bond acceptors (Lipinski definition) is 4. The van der Waals surface area contributed by atoms with E-state index in [2.05, 4.69) is 15.3 Å². The van der Waals surface area contributed by atoms with Crippen LogP contribution in [0.25, 0.3) is 21.7 Å². The van der Waals surface area contributed by atoms with Crippen LogP contribution in [0.2, 0.25) is 0 Å². The van der Waals surface area contributed by atoms with Gasteiger partial charge in [-0.15, -0.1) is 0 Å². The van der Waals surface area contributed by atoms with E-state index in [9.17, 15) is 14.4 Å². The van der Waals surface area contributed by atoms with Crippen molar-refractivity contribution in [2.45, 2.75) is 51.7 Å². The molecule has 4 heterocycles. The molecule has 4 aromatic rings. The topological polar surface area (TPSA) is 98.4 Å². The van der Waals surface area contributed by atoms with E-state index >= 15 is 0 Å². The summed E-state index contributed by atoms with van der Waals surface area (Å²) in [6, 6.07) is 18.4. The summed E-state index contributed by atoms with van der Waals surface area (Å²) in [6.45, 7) is 6.98. The molecule has 2 N–H and O–H groups in total. The molecule has 2 fully saturated rings. The van der Waals surface area contributed by atoms with Crippen LogP contribution in [0.15, 0.2) is 66.9 Å². The molecule has 2 saturated heterocycles. The Kier molecular flexibility index (Phi) is 6.13. The highest BCUT2D eigenvalue weighted by molar-refractivity contribution is 6.01. The second-order valence-corrected chi connectivity index (χ2v) is 11.7. The molecule has 0 spiro atoms. The number of likely N-dealkylation sites (tertiary alicyclic amines) is 2. The van der Waals surface area contributed by atoms with Gasteiger partial charge in [0.15, 0.2) is 0 Å². The lowest BCUT2D eigenvalue weighted by atomic mass is 9.81. The lowest BCUT2D eigenvalue weighted by Crippen LogP contribution is -2.73. The van der Waals surface area contributed by atoms with Gasteiger partial charge in [0.2, 0.25) is 5.91 Å². The molecule has 8 nitrogen and oxygen atoms in total. The van der Waals surface area contributed by atoms with Gasteiger partial charge in [-0.2, -0.15) is 0 Å². The van der Waals surface area contributed by atoms with Crippen molar-refractivity contribution in [3.05, 3.63) is 78.2 Å². The Bertz CT molecular complexity index is 1550. The molecule has 0 aliphatic carbocycles. The monoisotopic (exact) mass is 523 g/mol. The first kappa shape index (κ1) is 25.1. The maximum atomic E-state index is 13.8. The first-order valence-corrected chi connectivity index (χ1v) is 13.6. The number of H-pyrrole nitrogens is 1. The molecule has 3 unspecified atom stereocenters. The van der Waals surface area contributed by atoms with Crippen LogP contribution in [-0.2, 0) is 4.79 Å². The lowest BCUT2D eigenvalue weighted by molar-refractivity contribution is -0.152. The van der Waals surface area contributed by atoms with Crippen molar-refractivity contribution in [2.75, 3.05) is 13.1 Å². The normalized spacial score (nSPS) is 19.9. The minimum absolute atomic E-state index is 0.0477. The fourth-order valence-corrected chi connectivity index (χ4v) is 5.89. The van der Waals surface area contributed by atoms with Gasteiger partial charge >= 0.3 is 0 Å². The van der Waals surface area contributed by atoms with Crippen LogP contribution in [0.3, 0.4) is 0 Å². The highest BCUT2D eigenvalue weighted by Gasteiger charge is 2.51. The highest BCUT2D eigenvalue weighted by Crippen LogP contribution is 2.35. The van der Waals surface area contributed by atoms with Gasteiger partial charge in [-0.1, -0.05) is 63.2 Å². The molecule has 2 aromatic heterocycles. The zero-order valence-corrected chi connectivity index (χ0v) is 22.5. The third-order valence-corrected chi connectivity index (χ3v) is 8.08. The van der Waals surface area contributed by atoms with Gasteiger partial charge in [-0.25, -0.2) is 0 Å². The summed E-state index contributed by atoms with van der Waals surface area (Å²) in [6.07, 6.45) is 3.38. The Morgan fingerprint density at radius 3 is 2.41 bits per heavy atom. The average Bonchev–Trinajstić information content (AvgIpc) is 3.35. The number of carbonyl (C=O) groups excluding carboxylic acids is 3. The second-order valence-electron chi connectivity index (χ2n) is 11.7. The van der Waals surface area contributed by atoms with E-state index in [0.29, 0.717) is 24.5 Å². The Morgan fingerprint density at radius 1 is 0.949 bits per heavy atom. The fourth-order valence-electron chi connectivity index (χ4n) is 5.89. The largest absolute Gasteiger partial charge is 0.351 e. The van der Waals surface area contributed by atoms with E-state index in [4.69, 9.17) is 0 Å². The number of amides is 3. The van der Waals surface area contributed by atoms with E-state index in [1.54, 1.807) is 12.3 Å². The first-order chi connectivity index (χ1) is 18.7. The van der Waals surface area contributed by atoms with Crippen molar-refractivity contribution in [2.24, 2.45) is 5.41 Å². The van der Waals surface area contributed by atoms with Gasteiger partial charge in [-0.3, -0.25) is 19.4 Å². The number of nitrogens with zero attached hydrogens (tertiary/aromatic N) is 3. The van der Waals surface area contributed by atoms with Crippen LogP contribution in [0.4, 0.5) is 0 Å². The number of aromatic nitrogens is 2. The number of hydrogen-bond donors (Lipinski definition) is 2. The van der Waals surface area contributed by atoms with Gasteiger partial charge in [0.05, 0.1) is 12.1 Å². The van der Waals surface area contributed by atoms with Crippen LogP contribution in [0.5, 0.6) is 0 Å². The van der Waals surface area contributed by atoms with Gasteiger partial charge in [0, 0.05) is 35.6 Å². The quantitative estimate of drug-likeness (QED) is 0.415. The van der Waals surface area contributed by atoms with Gasteiger partial charge in [0.1, 0.15) is 17.4 Å². The Hall–Kier alpha value is -4.20. The molecule has 0 radical (unpaired) electrons. The van der Waals surface area contributed by atoms with Gasteiger partial charge in [0.25, 0.3) is 11.8 Å². The summed E-state index contributed by atoms with van der Waals surface area (Å²) < 4.78 is 0. The molecule has 6 rings (SSSR count). The molecular formula is C31H33N5O3. The number of aromatic amines is 1. The molecule has 0 saturated carbocycles. The maximum absolute atomic E-state index is 13.8. The fraction of sp³-hybridized carbons (Fsp3) is 0.355. The number of piperidine rings is 1. The van der Waals surface area contributed by atoms with Crippen molar-refractivity contribution in [3.63, 3.8) is 0 Å². The third-order valence-electron chi connectivity index (χ3n) is 8.08. The smallest absolute Gasteiger partial charge is 0.272 e. The summed E-state index contributed by atoms with van der Waals surface area (Å²) in [7, 11) is 0. The Balaban J connectivity index is 1.18. The standard InChI is InChI=1S/C31H33N5O3/c1-31(2,3)27(34-28(37)23-16-20-10-6-7-12-22(20)33-23)30(39)36-18-26-25(36)13-8-14-35(26)29(38)24-15-19-9-4-5-11-21(19)17-32-24/h4-7,9-12,15-17,25-27,33H,8,13-14,18H2,1-3H3,(H,34,37). The number of fused-ring (bicyclic) bond motifs is 3. The SMILES string of the molecule is CC(C)(C)C(NC(=O)c1cc2ccccc2[nH]1)C(=O)N1CC2C1CCCN2C(=O)c1cc2ccccc2cn1. The predicted molar refractivity (Wildman–Crippen MR) is 150 cm³/mol. The predicted octanol–water partition coefficient (Wildman–Crippen LogP) is 4.38. The third kappa shape index (κ3) is 4.54. The summed E-state index contributed by atoms with van der Waals surface area (Å²) in [4.78, 5) is 51.8. The summed E-state index contributed by atoms with van der Waals surface area (Å²) in [5, 5.41) is 5.92. The van der Waals surface area contributed by atoms with Crippen molar-refractivity contribution in [1.29, 1.82) is 0 Å². The number of carbonyl (C=O) groups is 3. The summed E-state index contributed by atoms with van der Waals surface area (Å²) in [5.74, 6) is -0.507. The molecular weight excluding hydrogens is 490 g/mol. The first-order valence-electron chi connectivity index (χ1n) is 13.6. The zero-order valence-electron chi connectivity index (χ0n) is 22.5. The molecule has 3 amide bonds. The molecule has 200 valence electrons. The van der Waals surface area contributed by atoms with E-state index in [1.807, 2.05) is 85.2 Å². The molecule has 3 atom stereocenters. The van der Waals surface area contributed by atoms with E-state index in [1.165, 1.54) is 0 Å². The van der Waals surface area contributed by atoms with Crippen molar-refractivity contribution in [1.82, 2.24) is 25.1 Å². The summed E-state index contributed by atoms with van der Waals surface area (Å²) >= 11 is 0. The molecule has 2 aromatic carbocycles. The minimum atomic E-state index is -0.703. The molecule has 2 aliphatic rings. The van der Waals surface area contributed by atoms with Crippen LogP contribution in [-0.4, -0.2) is 68.7 Å². The number of benzene rings is 2. The molecule has 8 heteroatoms. The van der Waals surface area contributed by atoms with Gasteiger partial charge in [-0.05, 0) is 41.8 Å². The van der Waals surface area contributed by atoms with Gasteiger partial charge < -0.3 is 20.1 Å². The van der Waals surface area contributed by atoms with E-state index < -0.39 is 11.5 Å². The summed E-state index contributed by atoms with van der Waals surface area (Å²) in [5.41, 5.74) is 1.23. The average molecular weight is 524 g/mol. The number of para-hydroxylation sites is 1. The Labute approximate surface area is 227 Å². The lowest BCUT2D eigenvalue weighted by Gasteiger charge is -2.56. The van der Waals surface area contributed by atoms with Crippen LogP contribution >= 0.6 is 0 Å². The van der Waals surface area contributed by atoms with Crippen molar-refractivity contribution in [3.8, 4) is 0 Å². The second kappa shape index (κ2) is 9.52. The number of pyridine rings is 1. The molecule has 0 bridgehead atoms. The number of rotatable bonds is 4. The highest BCUT2D eigenvalue weighted by atomic mass is 16.2. The maximum Gasteiger partial charge on any atom is 0.272 e. The van der Waals surface area contributed by atoms with Crippen molar-refractivity contribution < 1.29 is 14.4 Å². The van der Waals surface area contributed by atoms with Crippen LogP contribution in [0.1, 0.15) is 54.6 Å². The molecule has 2 aliphatic heterocycles. The Morgan fingerprint density at radius 2 is 1.67 bits per heavy atom. The number of nitrogens with one attached hydrogen (secondary N) is 2. The zero-order chi connectivity index (χ0) is 27.3. The van der Waals surface area contributed by atoms with Crippen molar-refractivity contribution >= 4 is 39.4 Å². The van der Waals surface area contributed by atoms with Crippen LogP contribution in [0, 0.1) is 5.41 Å². The minimum Gasteiger partial charge on any atom is -0.351 e. The van der Waals surface area contributed by atoms with E-state index in [0.717, 1.165) is 34.5 Å². The van der Waals surface area contributed by atoms with E-state index in [-0.39, 0.29) is 29.8 Å². The molecule has 39 heavy (non-hydrogen) atoms.